The Hall–Kier alpha value is -3.42. The first-order chi connectivity index (χ1) is 15.8. The molecule has 7 heteroatoms. The first kappa shape index (κ1) is 20.5. The van der Waals surface area contributed by atoms with Gasteiger partial charge >= 0.3 is 0 Å². The molecule has 0 aliphatic rings. The third-order valence-corrected chi connectivity index (χ3v) is 6.89. The number of carbonyl (C=O) groups excluding carboxylic acids is 1. The molecule has 0 aliphatic carbocycles. The lowest BCUT2D eigenvalue weighted by Gasteiger charge is -2.12. The van der Waals surface area contributed by atoms with Crippen LogP contribution in [0.2, 0.25) is 0 Å². The van der Waals surface area contributed by atoms with E-state index in [0.717, 1.165) is 21.5 Å². The molecule has 0 saturated heterocycles. The Morgan fingerprint density at radius 1 is 0.906 bits per heavy atom. The van der Waals surface area contributed by atoms with Crippen molar-refractivity contribution in [2.24, 2.45) is 0 Å². The highest BCUT2D eigenvalue weighted by Gasteiger charge is 2.17. The van der Waals surface area contributed by atoms with Gasteiger partial charge in [0.05, 0.1) is 17.2 Å². The third-order valence-electron chi connectivity index (χ3n) is 5.06. The molecule has 5 aromatic rings. The fourth-order valence-corrected chi connectivity index (χ4v) is 5.03. The number of thioether (sulfide) groups is 1. The zero-order valence-electron chi connectivity index (χ0n) is 17.1. The molecule has 2 heterocycles. The minimum atomic E-state index is -0.0708. The minimum absolute atomic E-state index is 0.0708. The average molecular weight is 457 g/mol. The molecule has 5 nitrogen and oxygen atoms in total. The molecule has 1 amide bonds. The molecule has 0 bridgehead atoms. The number of hydrogen-bond acceptors (Lipinski definition) is 5. The second-order valence-corrected chi connectivity index (χ2v) is 9.10. The van der Waals surface area contributed by atoms with Gasteiger partial charge in [-0.2, -0.15) is 0 Å². The van der Waals surface area contributed by atoms with Gasteiger partial charge < -0.3 is 5.32 Å². The first-order valence-corrected chi connectivity index (χ1v) is 12.1. The number of thiophene rings is 1. The first-order valence-electron chi connectivity index (χ1n) is 10.2. The van der Waals surface area contributed by atoms with Crippen molar-refractivity contribution in [2.75, 3.05) is 11.1 Å². The molecule has 0 spiro atoms. The summed E-state index contributed by atoms with van der Waals surface area (Å²) in [6.45, 7) is 0.629. The van der Waals surface area contributed by atoms with E-state index in [-0.39, 0.29) is 11.7 Å². The highest BCUT2D eigenvalue weighted by Crippen LogP contribution is 2.29. The Kier molecular flexibility index (Phi) is 6.00. The number of hydrogen-bond donors (Lipinski definition) is 1. The monoisotopic (exact) mass is 456 g/mol. The number of rotatable bonds is 7. The van der Waals surface area contributed by atoms with E-state index in [1.807, 2.05) is 47.8 Å². The lowest BCUT2D eigenvalue weighted by Crippen LogP contribution is -2.14. The van der Waals surface area contributed by atoms with Crippen LogP contribution in [0.1, 0.15) is 5.56 Å². The van der Waals surface area contributed by atoms with Gasteiger partial charge in [0.2, 0.25) is 5.91 Å². The SMILES string of the molecule is O=C(CSc1nnc(-c2cccs2)n1Cc1cccc2ccccc12)Nc1ccccc1. The van der Waals surface area contributed by atoms with Crippen LogP contribution >= 0.6 is 23.1 Å². The fraction of sp³-hybridized carbons (Fsp3) is 0.0800. The van der Waals surface area contributed by atoms with Gasteiger partial charge in [0.25, 0.3) is 0 Å². The Morgan fingerprint density at radius 2 is 1.72 bits per heavy atom. The lowest BCUT2D eigenvalue weighted by atomic mass is 10.0. The molecular weight excluding hydrogens is 436 g/mol. The summed E-state index contributed by atoms with van der Waals surface area (Å²) in [4.78, 5) is 13.5. The van der Waals surface area contributed by atoms with Crippen LogP contribution in [0.3, 0.4) is 0 Å². The molecule has 0 radical (unpaired) electrons. The fourth-order valence-electron chi connectivity index (χ4n) is 3.58. The van der Waals surface area contributed by atoms with Crippen LogP contribution in [0.15, 0.2) is 95.5 Å². The van der Waals surface area contributed by atoms with Crippen molar-refractivity contribution in [3.63, 3.8) is 0 Å². The van der Waals surface area contributed by atoms with E-state index >= 15 is 0 Å². The van der Waals surface area contributed by atoms with Crippen molar-refractivity contribution >= 4 is 45.5 Å². The highest BCUT2D eigenvalue weighted by atomic mass is 32.2. The van der Waals surface area contributed by atoms with Gasteiger partial charge in [-0.1, -0.05) is 78.5 Å². The van der Waals surface area contributed by atoms with Crippen molar-refractivity contribution < 1.29 is 4.79 Å². The van der Waals surface area contributed by atoms with Crippen molar-refractivity contribution in [2.45, 2.75) is 11.7 Å². The Balaban J connectivity index is 1.43. The van der Waals surface area contributed by atoms with E-state index in [0.29, 0.717) is 6.54 Å². The summed E-state index contributed by atoms with van der Waals surface area (Å²) in [6, 6.07) is 28.2. The van der Waals surface area contributed by atoms with Crippen molar-refractivity contribution in [3.8, 4) is 10.7 Å². The number of nitrogens with zero attached hydrogens (tertiary/aromatic N) is 3. The van der Waals surface area contributed by atoms with Gasteiger partial charge in [0.1, 0.15) is 0 Å². The average Bonchev–Trinajstić information content (AvgIpc) is 3.49. The van der Waals surface area contributed by atoms with E-state index in [9.17, 15) is 4.79 Å². The molecule has 5 rings (SSSR count). The van der Waals surface area contributed by atoms with E-state index in [4.69, 9.17) is 0 Å². The van der Waals surface area contributed by atoms with Gasteiger partial charge in [-0.15, -0.1) is 21.5 Å². The topological polar surface area (TPSA) is 59.8 Å². The number of benzene rings is 3. The van der Waals surface area contributed by atoms with Crippen LogP contribution in [0.5, 0.6) is 0 Å². The van der Waals surface area contributed by atoms with Crippen LogP contribution in [0.4, 0.5) is 5.69 Å². The molecule has 1 N–H and O–H groups in total. The molecule has 158 valence electrons. The summed E-state index contributed by atoms with van der Waals surface area (Å²) >= 11 is 3.03. The summed E-state index contributed by atoms with van der Waals surface area (Å²) in [5.74, 6) is 1.00. The molecule has 0 saturated carbocycles. The van der Waals surface area contributed by atoms with Crippen LogP contribution in [-0.4, -0.2) is 26.4 Å². The Bertz CT molecular complexity index is 1340. The maximum atomic E-state index is 12.5. The number of amides is 1. The van der Waals surface area contributed by atoms with Gasteiger partial charge in [-0.3, -0.25) is 9.36 Å². The van der Waals surface area contributed by atoms with Gasteiger partial charge in [-0.25, -0.2) is 0 Å². The smallest absolute Gasteiger partial charge is 0.234 e. The number of para-hydroxylation sites is 1. The molecule has 32 heavy (non-hydrogen) atoms. The molecule has 2 aromatic heterocycles. The summed E-state index contributed by atoms with van der Waals surface area (Å²) in [6.07, 6.45) is 0. The maximum absolute atomic E-state index is 12.5. The van der Waals surface area contributed by atoms with Gasteiger partial charge in [0, 0.05) is 5.69 Å². The van der Waals surface area contributed by atoms with Crippen LogP contribution in [-0.2, 0) is 11.3 Å². The predicted molar refractivity (Wildman–Crippen MR) is 132 cm³/mol. The number of carbonyl (C=O) groups is 1. The van der Waals surface area contributed by atoms with Crippen LogP contribution in [0, 0.1) is 0 Å². The zero-order chi connectivity index (χ0) is 21.8. The van der Waals surface area contributed by atoms with E-state index in [1.54, 1.807) is 11.3 Å². The Morgan fingerprint density at radius 3 is 2.56 bits per heavy atom. The van der Waals surface area contributed by atoms with Crippen molar-refractivity contribution in [1.29, 1.82) is 0 Å². The predicted octanol–water partition coefficient (Wildman–Crippen LogP) is 5.94. The van der Waals surface area contributed by atoms with Crippen molar-refractivity contribution in [1.82, 2.24) is 14.8 Å². The summed E-state index contributed by atoms with van der Waals surface area (Å²) < 4.78 is 2.11. The molecule has 0 atom stereocenters. The van der Waals surface area contributed by atoms with E-state index in [2.05, 4.69) is 62.5 Å². The van der Waals surface area contributed by atoms with Crippen LogP contribution in [0.25, 0.3) is 21.5 Å². The largest absolute Gasteiger partial charge is 0.325 e. The number of aromatic nitrogens is 3. The quantitative estimate of drug-likeness (QED) is 0.308. The second kappa shape index (κ2) is 9.38. The lowest BCUT2D eigenvalue weighted by molar-refractivity contribution is -0.113. The number of nitrogens with one attached hydrogen (secondary N) is 1. The highest BCUT2D eigenvalue weighted by molar-refractivity contribution is 7.99. The molecule has 3 aromatic carbocycles. The zero-order valence-corrected chi connectivity index (χ0v) is 18.8. The summed E-state index contributed by atoms with van der Waals surface area (Å²) in [5, 5.41) is 17.0. The summed E-state index contributed by atoms with van der Waals surface area (Å²) in [5.41, 5.74) is 1.98. The summed E-state index contributed by atoms with van der Waals surface area (Å²) in [7, 11) is 0. The normalized spacial score (nSPS) is 11.0. The van der Waals surface area contributed by atoms with Gasteiger partial charge in [0.15, 0.2) is 11.0 Å². The van der Waals surface area contributed by atoms with E-state index < -0.39 is 0 Å². The molecule has 0 unspecified atom stereocenters. The maximum Gasteiger partial charge on any atom is 0.234 e. The van der Waals surface area contributed by atoms with E-state index in [1.165, 1.54) is 28.1 Å². The van der Waals surface area contributed by atoms with Crippen molar-refractivity contribution in [3.05, 3.63) is 95.9 Å². The Labute approximate surface area is 194 Å². The van der Waals surface area contributed by atoms with Crippen LogP contribution < -0.4 is 5.32 Å². The number of anilines is 1. The second-order valence-electron chi connectivity index (χ2n) is 7.21. The number of fused-ring (bicyclic) bond motifs is 1. The molecular formula is C25H20N4OS2. The molecule has 0 fully saturated rings. The third kappa shape index (κ3) is 4.44. The standard InChI is InChI=1S/C25H20N4OS2/c30-23(26-20-11-2-1-3-12-20)17-32-25-28-27-24(22-14-7-15-31-22)29(25)16-19-10-6-9-18-8-4-5-13-21(18)19/h1-15H,16-17H2,(H,26,30). The van der Waals surface area contributed by atoms with Gasteiger partial charge in [-0.05, 0) is 39.9 Å². The molecule has 0 aliphatic heterocycles. The minimum Gasteiger partial charge on any atom is -0.325 e.